The largest absolute Gasteiger partial charge is 0.462 e. The molecule has 0 rings (SSSR count). The highest BCUT2D eigenvalue weighted by molar-refractivity contribution is 5.71. The molecule has 0 saturated heterocycles. The summed E-state index contributed by atoms with van der Waals surface area (Å²) in [5, 5.41) is 0. The summed E-state index contributed by atoms with van der Waals surface area (Å²) >= 11 is 0. The molecule has 0 N–H and O–H groups in total. The van der Waals surface area contributed by atoms with E-state index in [9.17, 15) is 14.4 Å². The van der Waals surface area contributed by atoms with Gasteiger partial charge in [0.15, 0.2) is 6.10 Å². The Balaban J connectivity index is 4.18. The number of carbonyl (C=O) groups is 3. The lowest BCUT2D eigenvalue weighted by atomic mass is 10.0. The normalized spacial score (nSPS) is 12.8. The van der Waals surface area contributed by atoms with Crippen molar-refractivity contribution < 1.29 is 28.6 Å². The summed E-state index contributed by atoms with van der Waals surface area (Å²) < 4.78 is 16.9. The second-order valence-electron chi connectivity index (χ2n) is 22.3. The summed E-state index contributed by atoms with van der Waals surface area (Å²) in [6.07, 6.45) is 92.5. The first-order valence-electron chi connectivity index (χ1n) is 33.9. The lowest BCUT2D eigenvalue weighted by Gasteiger charge is -2.18. The van der Waals surface area contributed by atoms with Crippen LogP contribution in [-0.4, -0.2) is 37.2 Å². The Morgan fingerprint density at radius 1 is 0.263 bits per heavy atom. The van der Waals surface area contributed by atoms with Crippen molar-refractivity contribution >= 4 is 17.9 Å². The number of ether oxygens (including phenoxy) is 3. The van der Waals surface area contributed by atoms with Crippen LogP contribution in [-0.2, 0) is 28.6 Å². The molecular weight excluding hydrogens is 985 g/mol. The number of hydrogen-bond donors (Lipinski definition) is 0. The van der Waals surface area contributed by atoms with Crippen molar-refractivity contribution in [3.8, 4) is 0 Å². The predicted molar refractivity (Wildman–Crippen MR) is 348 cm³/mol. The number of hydrogen-bond acceptors (Lipinski definition) is 6. The molecule has 0 aliphatic heterocycles. The maximum Gasteiger partial charge on any atom is 0.306 e. The Hall–Kier alpha value is -3.93. The molecule has 0 aromatic carbocycles. The average Bonchev–Trinajstić information content (AvgIpc) is 3.46. The molecule has 0 saturated carbocycles. The summed E-state index contributed by atoms with van der Waals surface area (Å²) in [5.74, 6) is -0.891. The fourth-order valence-corrected chi connectivity index (χ4v) is 9.40. The topological polar surface area (TPSA) is 78.9 Å². The molecule has 0 radical (unpaired) electrons. The van der Waals surface area contributed by atoms with Crippen LogP contribution < -0.4 is 0 Å². The van der Waals surface area contributed by atoms with Crippen molar-refractivity contribution in [2.24, 2.45) is 0 Å². The van der Waals surface area contributed by atoms with Crippen LogP contribution in [0.1, 0.15) is 323 Å². The lowest BCUT2D eigenvalue weighted by Crippen LogP contribution is -2.30. The van der Waals surface area contributed by atoms with Crippen molar-refractivity contribution in [1.82, 2.24) is 0 Å². The molecule has 0 heterocycles. The second-order valence-corrected chi connectivity index (χ2v) is 22.3. The zero-order valence-electron chi connectivity index (χ0n) is 52.6. The first-order valence-corrected chi connectivity index (χ1v) is 33.9. The van der Waals surface area contributed by atoms with E-state index in [1.807, 2.05) is 0 Å². The van der Waals surface area contributed by atoms with Crippen LogP contribution in [0.5, 0.6) is 0 Å². The zero-order valence-corrected chi connectivity index (χ0v) is 52.6. The van der Waals surface area contributed by atoms with Crippen molar-refractivity contribution in [2.45, 2.75) is 329 Å². The maximum absolute atomic E-state index is 12.9. The van der Waals surface area contributed by atoms with Crippen molar-refractivity contribution in [3.63, 3.8) is 0 Å². The highest BCUT2D eigenvalue weighted by Gasteiger charge is 2.19. The van der Waals surface area contributed by atoms with Crippen LogP contribution in [0, 0.1) is 0 Å². The molecule has 0 spiro atoms. The Morgan fingerprint density at radius 2 is 0.500 bits per heavy atom. The molecule has 0 aliphatic rings. The van der Waals surface area contributed by atoms with Crippen LogP contribution in [0.15, 0.2) is 109 Å². The molecule has 6 heteroatoms. The van der Waals surface area contributed by atoms with Gasteiger partial charge in [0.05, 0.1) is 0 Å². The van der Waals surface area contributed by atoms with Gasteiger partial charge in [0.2, 0.25) is 0 Å². The molecule has 80 heavy (non-hydrogen) atoms. The minimum atomic E-state index is -0.786. The minimum Gasteiger partial charge on any atom is -0.462 e. The molecule has 0 bridgehead atoms. The highest BCUT2D eigenvalue weighted by Crippen LogP contribution is 2.16. The Labute approximate surface area is 495 Å². The van der Waals surface area contributed by atoms with E-state index in [-0.39, 0.29) is 31.1 Å². The maximum atomic E-state index is 12.9. The number of carbonyl (C=O) groups excluding carboxylic acids is 3. The van der Waals surface area contributed by atoms with Crippen LogP contribution in [0.4, 0.5) is 0 Å². The third kappa shape index (κ3) is 64.9. The fraction of sp³-hybridized carbons (Fsp3) is 0.716. The number of esters is 3. The summed E-state index contributed by atoms with van der Waals surface area (Å²) in [7, 11) is 0. The molecule has 0 aromatic heterocycles. The van der Waals surface area contributed by atoms with Crippen LogP contribution in [0.3, 0.4) is 0 Å². The Kier molecular flexibility index (Phi) is 64.3. The van der Waals surface area contributed by atoms with Crippen molar-refractivity contribution in [3.05, 3.63) is 109 Å². The standard InChI is InChI=1S/C74H126O6/c1-4-7-10-13-16-19-22-24-26-28-30-31-32-33-34-35-36-37-38-39-40-41-42-43-44-46-47-49-52-55-58-61-64-67-73(76)79-70-71(69-78-72(75)66-63-60-57-54-51-21-18-15-12-9-6-3)80-74(77)68-65-62-59-56-53-50-48-45-29-27-25-23-20-17-14-11-8-5-2/h7,10,15-16,18-20,23-24,26-27,29-31,33-34,36-37,71H,4-6,8-9,11-14,17,21-22,25,28,32,35,38-70H2,1-3H3/b10-7-,18-15-,19-16-,23-20-,26-24-,29-27-,31-30-,34-33-,37-36-. The Morgan fingerprint density at radius 3 is 0.812 bits per heavy atom. The SMILES string of the molecule is CC/C=C\C/C=C\C/C=C\C/C=C\C/C=C\C/C=C\CCCCCCCCCCCCCCCCC(=O)OCC(COC(=O)CCCCCCC/C=C\CCCC)OC(=O)CCCCCCCCC/C=C\C/C=C\CCCCCC. The molecule has 0 aromatic rings. The second kappa shape index (κ2) is 67.6. The fourth-order valence-electron chi connectivity index (χ4n) is 9.40. The third-order valence-electron chi connectivity index (χ3n) is 14.5. The quantitative estimate of drug-likeness (QED) is 0.0261. The van der Waals surface area contributed by atoms with E-state index < -0.39 is 6.10 Å². The first kappa shape index (κ1) is 76.1. The van der Waals surface area contributed by atoms with Crippen LogP contribution in [0.25, 0.3) is 0 Å². The van der Waals surface area contributed by atoms with Gasteiger partial charge >= 0.3 is 17.9 Å². The van der Waals surface area contributed by atoms with E-state index in [0.29, 0.717) is 19.3 Å². The summed E-state index contributed by atoms with van der Waals surface area (Å²) in [4.78, 5) is 38.3. The molecule has 1 atom stereocenters. The summed E-state index contributed by atoms with van der Waals surface area (Å²) in [6, 6.07) is 0. The molecule has 458 valence electrons. The highest BCUT2D eigenvalue weighted by atomic mass is 16.6. The van der Waals surface area contributed by atoms with Gasteiger partial charge in [0.1, 0.15) is 13.2 Å². The van der Waals surface area contributed by atoms with E-state index in [4.69, 9.17) is 14.2 Å². The molecule has 0 fully saturated rings. The van der Waals surface area contributed by atoms with Crippen LogP contribution >= 0.6 is 0 Å². The predicted octanol–water partition coefficient (Wildman–Crippen LogP) is 23.4. The number of unbranched alkanes of at least 4 members (excludes halogenated alkanes) is 32. The average molecular weight is 1110 g/mol. The van der Waals surface area contributed by atoms with Crippen molar-refractivity contribution in [2.75, 3.05) is 13.2 Å². The van der Waals surface area contributed by atoms with Gasteiger partial charge in [-0.05, 0) is 122 Å². The zero-order chi connectivity index (χ0) is 57.8. The smallest absolute Gasteiger partial charge is 0.306 e. The van der Waals surface area contributed by atoms with Gasteiger partial charge in [-0.1, -0.05) is 291 Å². The van der Waals surface area contributed by atoms with E-state index in [1.54, 1.807) is 0 Å². The van der Waals surface area contributed by atoms with E-state index >= 15 is 0 Å². The summed E-state index contributed by atoms with van der Waals surface area (Å²) in [6.45, 7) is 6.48. The van der Waals surface area contributed by atoms with Crippen molar-refractivity contribution in [1.29, 1.82) is 0 Å². The molecule has 6 nitrogen and oxygen atoms in total. The van der Waals surface area contributed by atoms with Gasteiger partial charge in [0, 0.05) is 19.3 Å². The minimum absolute atomic E-state index is 0.0825. The molecular formula is C74H126O6. The lowest BCUT2D eigenvalue weighted by molar-refractivity contribution is -0.167. The number of rotatable bonds is 61. The van der Waals surface area contributed by atoms with Gasteiger partial charge in [-0.25, -0.2) is 0 Å². The molecule has 0 aliphatic carbocycles. The molecule has 0 amide bonds. The van der Waals surface area contributed by atoms with Gasteiger partial charge in [-0.3, -0.25) is 14.4 Å². The van der Waals surface area contributed by atoms with E-state index in [0.717, 1.165) is 116 Å². The molecule has 1 unspecified atom stereocenters. The van der Waals surface area contributed by atoms with E-state index in [1.165, 1.54) is 167 Å². The summed E-state index contributed by atoms with van der Waals surface area (Å²) in [5.41, 5.74) is 0. The van der Waals surface area contributed by atoms with Gasteiger partial charge in [0.25, 0.3) is 0 Å². The van der Waals surface area contributed by atoms with E-state index in [2.05, 4.69) is 130 Å². The third-order valence-corrected chi connectivity index (χ3v) is 14.5. The van der Waals surface area contributed by atoms with Crippen LogP contribution in [0.2, 0.25) is 0 Å². The van der Waals surface area contributed by atoms with Gasteiger partial charge in [-0.15, -0.1) is 0 Å². The van der Waals surface area contributed by atoms with Gasteiger partial charge < -0.3 is 14.2 Å². The Bertz CT molecular complexity index is 1610. The number of allylic oxidation sites excluding steroid dienone is 18. The monoisotopic (exact) mass is 1110 g/mol. The first-order chi connectivity index (χ1) is 39.5. The van der Waals surface area contributed by atoms with Gasteiger partial charge in [-0.2, -0.15) is 0 Å².